The molecule has 8 nitrogen and oxygen atoms in total. The largest absolute Gasteiger partial charge is 0.502 e. The third-order valence-electron chi connectivity index (χ3n) is 3.60. The number of nitro benzene ring substituents is 1. The topological polar surface area (TPSA) is 125 Å². The smallest absolute Gasteiger partial charge is 0.311 e. The molecule has 0 heterocycles. The second kappa shape index (κ2) is 8.21. The van der Waals surface area contributed by atoms with Crippen molar-refractivity contribution in [3.8, 4) is 17.6 Å². The van der Waals surface area contributed by atoms with Gasteiger partial charge in [-0.3, -0.25) is 14.9 Å². The van der Waals surface area contributed by atoms with Gasteiger partial charge in [0.05, 0.1) is 17.7 Å². The number of ether oxygens (including phenoxy) is 1. The van der Waals surface area contributed by atoms with E-state index < -0.39 is 22.3 Å². The number of anilines is 1. The van der Waals surface area contributed by atoms with E-state index in [9.17, 15) is 25.3 Å². The highest BCUT2D eigenvalue weighted by Gasteiger charge is 2.16. The number of rotatable bonds is 5. The molecule has 0 unspecified atom stereocenters. The molecule has 0 aliphatic carbocycles. The molecule has 0 saturated carbocycles. The number of aryl methyl sites for hydroxylation is 1. The zero-order valence-corrected chi connectivity index (χ0v) is 15.1. The Morgan fingerprint density at radius 2 is 2.11 bits per heavy atom. The lowest BCUT2D eigenvalue weighted by atomic mass is 10.1. The number of nitrogens with zero attached hydrogens (tertiary/aromatic N) is 2. The number of nitriles is 1. The van der Waals surface area contributed by atoms with E-state index in [4.69, 9.17) is 16.3 Å². The Morgan fingerprint density at radius 3 is 2.70 bits per heavy atom. The Kier molecular flexibility index (Phi) is 6.00. The van der Waals surface area contributed by atoms with Crippen LogP contribution in [0.1, 0.15) is 11.1 Å². The third-order valence-corrected chi connectivity index (χ3v) is 4.01. The summed E-state index contributed by atoms with van der Waals surface area (Å²) >= 11 is 6.02. The average molecular weight is 388 g/mol. The lowest BCUT2D eigenvalue weighted by molar-refractivity contribution is -0.385. The average Bonchev–Trinajstić information content (AvgIpc) is 2.63. The van der Waals surface area contributed by atoms with E-state index in [1.807, 2.05) is 0 Å². The highest BCUT2D eigenvalue weighted by Crippen LogP contribution is 2.31. The van der Waals surface area contributed by atoms with Crippen molar-refractivity contribution in [1.82, 2.24) is 0 Å². The summed E-state index contributed by atoms with van der Waals surface area (Å²) in [4.78, 5) is 22.6. The maximum atomic E-state index is 12.4. The maximum Gasteiger partial charge on any atom is 0.311 e. The maximum absolute atomic E-state index is 12.4. The quantitative estimate of drug-likeness (QED) is 0.347. The molecule has 27 heavy (non-hydrogen) atoms. The van der Waals surface area contributed by atoms with Crippen molar-refractivity contribution < 1.29 is 19.6 Å². The Hall–Kier alpha value is -3.57. The minimum absolute atomic E-state index is 0.213. The SMILES string of the molecule is COc1cc(Cl)c(C)cc1NC(=O)/C(C#N)=C/c1ccc(O)c([N+](=O)[O-])c1. The molecule has 0 bridgehead atoms. The Balaban J connectivity index is 2.36. The molecule has 2 N–H and O–H groups in total. The Bertz CT molecular complexity index is 995. The number of carbonyl (C=O) groups is 1. The van der Waals surface area contributed by atoms with Gasteiger partial charge >= 0.3 is 5.69 Å². The summed E-state index contributed by atoms with van der Waals surface area (Å²) in [6.07, 6.45) is 1.18. The highest BCUT2D eigenvalue weighted by atomic mass is 35.5. The number of halogens is 1. The lowest BCUT2D eigenvalue weighted by Gasteiger charge is -2.12. The molecule has 9 heteroatoms. The van der Waals surface area contributed by atoms with Crippen LogP contribution in [-0.2, 0) is 4.79 Å². The summed E-state index contributed by atoms with van der Waals surface area (Å²) < 4.78 is 5.16. The summed E-state index contributed by atoms with van der Waals surface area (Å²) in [6.45, 7) is 1.74. The number of benzene rings is 2. The standard InChI is InChI=1S/C18H14ClN3O5/c1-10-5-14(17(27-2)8-13(10)19)21-18(24)12(9-20)6-11-3-4-16(23)15(7-11)22(25)26/h3-8,23H,1-2H3,(H,21,24)/b12-6+. The van der Waals surface area contributed by atoms with E-state index in [0.29, 0.717) is 22.0 Å². The number of nitro groups is 1. The van der Waals surface area contributed by atoms with Gasteiger partial charge in [0, 0.05) is 17.2 Å². The van der Waals surface area contributed by atoms with Crippen LogP contribution in [0.4, 0.5) is 11.4 Å². The molecule has 2 aromatic rings. The van der Waals surface area contributed by atoms with E-state index in [2.05, 4.69) is 5.32 Å². The van der Waals surface area contributed by atoms with E-state index in [0.717, 1.165) is 12.1 Å². The monoisotopic (exact) mass is 387 g/mol. The molecule has 1 amide bonds. The number of amides is 1. The molecule has 138 valence electrons. The van der Waals surface area contributed by atoms with Gasteiger partial charge in [0.25, 0.3) is 5.91 Å². The number of phenolic OH excluding ortho intramolecular Hbond substituents is 1. The van der Waals surface area contributed by atoms with Crippen molar-refractivity contribution in [3.63, 3.8) is 0 Å². The number of hydrogen-bond donors (Lipinski definition) is 2. The number of methoxy groups -OCH3 is 1. The van der Waals surface area contributed by atoms with Crippen LogP contribution < -0.4 is 10.1 Å². The van der Waals surface area contributed by atoms with Crippen molar-refractivity contribution >= 4 is 35.0 Å². The molecule has 0 aliphatic rings. The van der Waals surface area contributed by atoms with Gasteiger partial charge in [-0.1, -0.05) is 17.7 Å². The lowest BCUT2D eigenvalue weighted by Crippen LogP contribution is -2.14. The van der Waals surface area contributed by atoms with Crippen LogP contribution in [0.25, 0.3) is 6.08 Å². The van der Waals surface area contributed by atoms with Crippen LogP contribution in [0.2, 0.25) is 5.02 Å². The number of phenols is 1. The van der Waals surface area contributed by atoms with Gasteiger partial charge in [0.2, 0.25) is 0 Å². The van der Waals surface area contributed by atoms with Gasteiger partial charge in [-0.25, -0.2) is 0 Å². The van der Waals surface area contributed by atoms with Crippen LogP contribution >= 0.6 is 11.6 Å². The van der Waals surface area contributed by atoms with E-state index in [1.165, 1.54) is 25.3 Å². The number of aromatic hydroxyl groups is 1. The minimum Gasteiger partial charge on any atom is -0.502 e. The predicted octanol–water partition coefficient (Wildman–Crippen LogP) is 3.82. The molecule has 0 aliphatic heterocycles. The van der Waals surface area contributed by atoms with Crippen LogP contribution in [0, 0.1) is 28.4 Å². The van der Waals surface area contributed by atoms with E-state index in [1.54, 1.807) is 19.1 Å². The first kappa shape index (κ1) is 19.8. The predicted molar refractivity (Wildman–Crippen MR) is 99.7 cm³/mol. The van der Waals surface area contributed by atoms with Crippen LogP contribution in [0.5, 0.6) is 11.5 Å². The van der Waals surface area contributed by atoms with Gasteiger partial charge in [-0.2, -0.15) is 5.26 Å². The van der Waals surface area contributed by atoms with Crippen LogP contribution in [-0.4, -0.2) is 23.0 Å². The van der Waals surface area contributed by atoms with Gasteiger partial charge in [-0.05, 0) is 36.3 Å². The van der Waals surface area contributed by atoms with Gasteiger partial charge in [-0.15, -0.1) is 0 Å². The normalized spacial score (nSPS) is 10.8. The first-order chi connectivity index (χ1) is 12.8. The fourth-order valence-corrected chi connectivity index (χ4v) is 2.36. The summed E-state index contributed by atoms with van der Waals surface area (Å²) in [6, 6.07) is 8.40. The van der Waals surface area contributed by atoms with E-state index >= 15 is 0 Å². The molecule has 0 saturated heterocycles. The summed E-state index contributed by atoms with van der Waals surface area (Å²) in [5.41, 5.74) is 0.415. The zero-order chi connectivity index (χ0) is 20.1. The van der Waals surface area contributed by atoms with Crippen LogP contribution in [0.15, 0.2) is 35.9 Å². The first-order valence-corrected chi connectivity index (χ1v) is 7.89. The molecule has 2 aromatic carbocycles. The molecule has 2 rings (SSSR count). The number of nitrogens with one attached hydrogen (secondary N) is 1. The van der Waals surface area contributed by atoms with Crippen molar-refractivity contribution in [1.29, 1.82) is 5.26 Å². The summed E-state index contributed by atoms with van der Waals surface area (Å²) in [5.74, 6) is -0.925. The summed E-state index contributed by atoms with van der Waals surface area (Å²) in [7, 11) is 1.41. The van der Waals surface area contributed by atoms with Crippen molar-refractivity contribution in [3.05, 3.63) is 62.2 Å². The molecule has 0 fully saturated rings. The molecular formula is C18H14ClN3O5. The molecule has 0 radical (unpaired) electrons. The second-order valence-corrected chi connectivity index (χ2v) is 5.84. The molecule has 0 spiro atoms. The second-order valence-electron chi connectivity index (χ2n) is 5.43. The Labute approximate surface area is 159 Å². The number of hydrogen-bond acceptors (Lipinski definition) is 6. The highest BCUT2D eigenvalue weighted by molar-refractivity contribution is 6.31. The third kappa shape index (κ3) is 4.54. The van der Waals surface area contributed by atoms with Gasteiger partial charge in [0.15, 0.2) is 5.75 Å². The first-order valence-electron chi connectivity index (χ1n) is 7.51. The zero-order valence-electron chi connectivity index (χ0n) is 14.3. The molecule has 0 atom stereocenters. The molecular weight excluding hydrogens is 374 g/mol. The fraction of sp³-hybridized carbons (Fsp3) is 0.111. The Morgan fingerprint density at radius 1 is 1.41 bits per heavy atom. The van der Waals surface area contributed by atoms with Crippen molar-refractivity contribution in [2.24, 2.45) is 0 Å². The molecule has 0 aromatic heterocycles. The summed E-state index contributed by atoms with van der Waals surface area (Å²) in [5, 5.41) is 32.7. The van der Waals surface area contributed by atoms with Crippen molar-refractivity contribution in [2.45, 2.75) is 6.92 Å². The van der Waals surface area contributed by atoms with Crippen molar-refractivity contribution in [2.75, 3.05) is 12.4 Å². The van der Waals surface area contributed by atoms with Gasteiger partial charge in [0.1, 0.15) is 17.4 Å². The fourth-order valence-electron chi connectivity index (χ4n) is 2.21. The minimum atomic E-state index is -0.764. The van der Waals surface area contributed by atoms with E-state index in [-0.39, 0.29) is 11.1 Å². The number of carbonyl (C=O) groups excluding carboxylic acids is 1. The van der Waals surface area contributed by atoms with Gasteiger partial charge < -0.3 is 15.2 Å². The van der Waals surface area contributed by atoms with Crippen LogP contribution in [0.3, 0.4) is 0 Å².